The number of fused-ring (bicyclic) bond motifs is 1. The first-order valence-corrected chi connectivity index (χ1v) is 7.49. The van der Waals surface area contributed by atoms with Gasteiger partial charge < -0.3 is 14.8 Å². The lowest BCUT2D eigenvalue weighted by atomic mass is 10.3. The molecule has 19 heavy (non-hydrogen) atoms. The molecule has 0 aliphatic carbocycles. The summed E-state index contributed by atoms with van der Waals surface area (Å²) in [6, 6.07) is 6.00. The molecule has 1 aliphatic heterocycles. The van der Waals surface area contributed by atoms with Crippen LogP contribution < -0.4 is 14.8 Å². The number of hydrogen-bond acceptors (Lipinski definition) is 4. The van der Waals surface area contributed by atoms with Crippen molar-refractivity contribution in [2.45, 2.75) is 31.2 Å². The third-order valence-electron chi connectivity index (χ3n) is 2.90. The summed E-state index contributed by atoms with van der Waals surface area (Å²) in [7, 11) is 0. The molecule has 1 aromatic carbocycles. The monoisotopic (exact) mass is 281 g/mol. The maximum absolute atomic E-state index is 11.7. The lowest BCUT2D eigenvalue weighted by Crippen LogP contribution is -2.33. The summed E-state index contributed by atoms with van der Waals surface area (Å²) in [5.41, 5.74) is 0. The van der Waals surface area contributed by atoms with Crippen molar-refractivity contribution in [2.24, 2.45) is 0 Å². The fourth-order valence-corrected chi connectivity index (χ4v) is 2.42. The molecule has 4 nitrogen and oxygen atoms in total. The van der Waals surface area contributed by atoms with E-state index >= 15 is 0 Å². The SMILES string of the molecule is CC[C@H](C)NC(=O)CSc1ccc2c(c1)OCCO2. The Balaban J connectivity index is 1.87. The molecular weight excluding hydrogens is 262 g/mol. The van der Waals surface area contributed by atoms with Gasteiger partial charge in [-0.15, -0.1) is 11.8 Å². The first-order valence-electron chi connectivity index (χ1n) is 6.51. The van der Waals surface area contributed by atoms with Crippen LogP contribution in [0, 0.1) is 0 Å². The van der Waals surface area contributed by atoms with Crippen molar-refractivity contribution < 1.29 is 14.3 Å². The molecule has 0 bridgehead atoms. The van der Waals surface area contributed by atoms with E-state index in [2.05, 4.69) is 12.2 Å². The van der Waals surface area contributed by atoms with Crippen molar-refractivity contribution >= 4 is 17.7 Å². The van der Waals surface area contributed by atoms with E-state index in [1.54, 1.807) is 0 Å². The Labute approximate surface area is 117 Å². The van der Waals surface area contributed by atoms with Gasteiger partial charge in [0.2, 0.25) is 5.91 Å². The van der Waals surface area contributed by atoms with Gasteiger partial charge in [0.05, 0.1) is 5.75 Å². The molecule has 2 rings (SSSR count). The molecule has 1 aromatic rings. The predicted molar refractivity (Wildman–Crippen MR) is 76.1 cm³/mol. The number of ether oxygens (including phenoxy) is 2. The highest BCUT2D eigenvalue weighted by molar-refractivity contribution is 8.00. The van der Waals surface area contributed by atoms with Gasteiger partial charge in [-0.05, 0) is 31.5 Å². The number of hydrogen-bond donors (Lipinski definition) is 1. The van der Waals surface area contributed by atoms with Gasteiger partial charge in [-0.1, -0.05) is 6.92 Å². The molecule has 1 atom stereocenters. The van der Waals surface area contributed by atoms with Crippen LogP contribution in [0.4, 0.5) is 0 Å². The largest absolute Gasteiger partial charge is 0.486 e. The van der Waals surface area contributed by atoms with Gasteiger partial charge >= 0.3 is 0 Å². The summed E-state index contributed by atoms with van der Waals surface area (Å²) < 4.78 is 11.0. The van der Waals surface area contributed by atoms with Crippen LogP contribution in [-0.4, -0.2) is 30.9 Å². The number of carbonyl (C=O) groups is 1. The van der Waals surface area contributed by atoms with Crippen molar-refractivity contribution in [1.29, 1.82) is 0 Å². The topological polar surface area (TPSA) is 47.6 Å². The Morgan fingerprint density at radius 2 is 2.11 bits per heavy atom. The zero-order valence-corrected chi connectivity index (χ0v) is 12.1. The Morgan fingerprint density at radius 1 is 1.37 bits per heavy atom. The molecule has 1 aliphatic rings. The molecule has 0 saturated carbocycles. The van der Waals surface area contributed by atoms with Crippen molar-refractivity contribution in [3.8, 4) is 11.5 Å². The quantitative estimate of drug-likeness (QED) is 0.842. The fourth-order valence-electron chi connectivity index (χ4n) is 1.68. The van der Waals surface area contributed by atoms with E-state index in [9.17, 15) is 4.79 Å². The summed E-state index contributed by atoms with van der Waals surface area (Å²) in [5.74, 6) is 2.02. The van der Waals surface area contributed by atoms with Crippen molar-refractivity contribution in [3.05, 3.63) is 18.2 Å². The van der Waals surface area contributed by atoms with E-state index in [4.69, 9.17) is 9.47 Å². The maximum atomic E-state index is 11.7. The lowest BCUT2D eigenvalue weighted by molar-refractivity contribution is -0.119. The summed E-state index contributed by atoms with van der Waals surface area (Å²) in [6.45, 7) is 5.23. The molecule has 1 N–H and O–H groups in total. The van der Waals surface area contributed by atoms with Crippen molar-refractivity contribution in [1.82, 2.24) is 5.32 Å². The third kappa shape index (κ3) is 4.06. The predicted octanol–water partition coefficient (Wildman–Crippen LogP) is 2.46. The normalized spacial score (nSPS) is 14.8. The summed E-state index contributed by atoms with van der Waals surface area (Å²) in [5, 5.41) is 2.95. The maximum Gasteiger partial charge on any atom is 0.230 e. The van der Waals surface area contributed by atoms with Gasteiger partial charge in [0, 0.05) is 10.9 Å². The first-order chi connectivity index (χ1) is 9.19. The van der Waals surface area contributed by atoms with Crippen LogP contribution >= 0.6 is 11.8 Å². The molecule has 104 valence electrons. The minimum absolute atomic E-state index is 0.0641. The number of nitrogens with one attached hydrogen (secondary N) is 1. The molecule has 0 spiro atoms. The number of carbonyl (C=O) groups excluding carboxylic acids is 1. The van der Waals surface area contributed by atoms with E-state index < -0.39 is 0 Å². The first kappa shape index (κ1) is 14.1. The number of amides is 1. The second-order valence-electron chi connectivity index (χ2n) is 4.47. The van der Waals surface area contributed by atoms with Gasteiger partial charge in [0.1, 0.15) is 13.2 Å². The second kappa shape index (κ2) is 6.70. The molecule has 5 heteroatoms. The molecule has 0 aromatic heterocycles. The second-order valence-corrected chi connectivity index (χ2v) is 5.52. The zero-order valence-electron chi connectivity index (χ0n) is 11.3. The highest BCUT2D eigenvalue weighted by Gasteiger charge is 2.12. The number of thioether (sulfide) groups is 1. The highest BCUT2D eigenvalue weighted by Crippen LogP contribution is 2.34. The minimum Gasteiger partial charge on any atom is -0.486 e. The zero-order chi connectivity index (χ0) is 13.7. The smallest absolute Gasteiger partial charge is 0.230 e. The van der Waals surface area contributed by atoms with Crippen molar-refractivity contribution in [3.63, 3.8) is 0 Å². The third-order valence-corrected chi connectivity index (χ3v) is 3.90. The van der Waals surface area contributed by atoms with E-state index in [-0.39, 0.29) is 11.9 Å². The molecular formula is C14H19NO3S. The lowest BCUT2D eigenvalue weighted by Gasteiger charge is -2.18. The molecule has 1 heterocycles. The van der Waals surface area contributed by atoms with Gasteiger partial charge in [0.25, 0.3) is 0 Å². The van der Waals surface area contributed by atoms with E-state index in [1.807, 2.05) is 25.1 Å². The summed E-state index contributed by atoms with van der Waals surface area (Å²) >= 11 is 1.51. The van der Waals surface area contributed by atoms with Crippen LogP contribution in [0.5, 0.6) is 11.5 Å². The Morgan fingerprint density at radius 3 is 2.84 bits per heavy atom. The van der Waals surface area contributed by atoms with Crippen LogP contribution in [0.15, 0.2) is 23.1 Å². The van der Waals surface area contributed by atoms with Crippen LogP contribution in [0.25, 0.3) is 0 Å². The highest BCUT2D eigenvalue weighted by atomic mass is 32.2. The van der Waals surface area contributed by atoms with Crippen LogP contribution in [-0.2, 0) is 4.79 Å². The number of benzene rings is 1. The van der Waals surface area contributed by atoms with Crippen LogP contribution in [0.2, 0.25) is 0 Å². The van der Waals surface area contributed by atoms with Gasteiger partial charge in [-0.3, -0.25) is 4.79 Å². The Kier molecular flexibility index (Phi) is 4.96. The molecule has 1 amide bonds. The van der Waals surface area contributed by atoms with E-state index in [1.165, 1.54) is 11.8 Å². The average Bonchev–Trinajstić information content (AvgIpc) is 2.44. The molecule has 0 fully saturated rings. The molecule has 0 saturated heterocycles. The van der Waals surface area contributed by atoms with Gasteiger partial charge in [0.15, 0.2) is 11.5 Å². The molecule has 0 unspecified atom stereocenters. The Hall–Kier alpha value is -1.36. The standard InChI is InChI=1S/C14H19NO3S/c1-3-10(2)15-14(16)9-19-11-4-5-12-13(8-11)18-7-6-17-12/h4-5,8,10H,3,6-7,9H2,1-2H3,(H,15,16)/t10-/m0/s1. The van der Waals surface area contributed by atoms with Crippen LogP contribution in [0.1, 0.15) is 20.3 Å². The average molecular weight is 281 g/mol. The van der Waals surface area contributed by atoms with Crippen LogP contribution in [0.3, 0.4) is 0 Å². The van der Waals surface area contributed by atoms with Gasteiger partial charge in [-0.2, -0.15) is 0 Å². The summed E-state index contributed by atoms with van der Waals surface area (Å²) in [4.78, 5) is 12.7. The van der Waals surface area contributed by atoms with Gasteiger partial charge in [-0.25, -0.2) is 0 Å². The summed E-state index contributed by atoms with van der Waals surface area (Å²) in [6.07, 6.45) is 0.945. The minimum atomic E-state index is 0.0641. The fraction of sp³-hybridized carbons (Fsp3) is 0.500. The Bertz CT molecular complexity index is 450. The number of rotatable bonds is 5. The van der Waals surface area contributed by atoms with Crippen molar-refractivity contribution in [2.75, 3.05) is 19.0 Å². The van der Waals surface area contributed by atoms with E-state index in [0.717, 1.165) is 22.8 Å². The molecule has 0 radical (unpaired) electrons. The van der Waals surface area contributed by atoms with E-state index in [0.29, 0.717) is 19.0 Å².